The molecular formula is C22H25ClN2O2. The van der Waals surface area contributed by atoms with Gasteiger partial charge in [0.2, 0.25) is 5.91 Å². The van der Waals surface area contributed by atoms with Crippen LogP contribution in [0.3, 0.4) is 0 Å². The van der Waals surface area contributed by atoms with Crippen molar-refractivity contribution in [2.24, 2.45) is 5.41 Å². The summed E-state index contributed by atoms with van der Waals surface area (Å²) in [6, 6.07) is 15.1. The molecule has 0 unspecified atom stereocenters. The Kier molecular flexibility index (Phi) is 5.85. The Bertz CT molecular complexity index is 834. The van der Waals surface area contributed by atoms with E-state index >= 15 is 0 Å². The van der Waals surface area contributed by atoms with Crippen molar-refractivity contribution in [3.8, 4) is 0 Å². The number of hydrogen-bond acceptors (Lipinski definition) is 2. The molecule has 2 aromatic carbocycles. The van der Waals surface area contributed by atoms with E-state index in [1.807, 2.05) is 38.1 Å². The zero-order valence-corrected chi connectivity index (χ0v) is 16.6. The van der Waals surface area contributed by atoms with Crippen molar-refractivity contribution in [3.63, 3.8) is 0 Å². The van der Waals surface area contributed by atoms with Crippen LogP contribution < -0.4 is 5.32 Å². The van der Waals surface area contributed by atoms with E-state index in [4.69, 9.17) is 11.6 Å². The van der Waals surface area contributed by atoms with Crippen LogP contribution in [0.5, 0.6) is 0 Å². The van der Waals surface area contributed by atoms with Gasteiger partial charge in [-0.25, -0.2) is 0 Å². The highest BCUT2D eigenvalue weighted by atomic mass is 35.5. The number of carbonyl (C=O) groups excluding carboxylic acids is 2. The third kappa shape index (κ3) is 4.69. The fourth-order valence-electron chi connectivity index (χ4n) is 3.50. The fourth-order valence-corrected chi connectivity index (χ4v) is 3.69. The lowest BCUT2D eigenvalue weighted by Gasteiger charge is -2.39. The van der Waals surface area contributed by atoms with Gasteiger partial charge in [0.1, 0.15) is 0 Å². The van der Waals surface area contributed by atoms with E-state index in [0.717, 1.165) is 18.4 Å². The van der Waals surface area contributed by atoms with Gasteiger partial charge in [-0.3, -0.25) is 9.59 Å². The predicted octanol–water partition coefficient (Wildman–Crippen LogP) is 4.21. The summed E-state index contributed by atoms with van der Waals surface area (Å²) in [5.74, 6) is -0.0820. The summed E-state index contributed by atoms with van der Waals surface area (Å²) in [5, 5.41) is 3.58. The first-order valence-electron chi connectivity index (χ1n) is 9.26. The molecule has 0 aromatic heterocycles. The minimum atomic E-state index is -0.586. The molecule has 1 aliphatic heterocycles. The summed E-state index contributed by atoms with van der Waals surface area (Å²) in [6.45, 7) is 5.55. The molecule has 3 rings (SSSR count). The molecule has 1 aliphatic rings. The standard InChI is InChI=1S/C22H25ClN2O2/c1-16-7-9-17(10-8-16)14-24-21(27)22(2)11-4-12-25(15-22)20(26)18-5-3-6-19(23)13-18/h3,5-10,13H,4,11-12,14-15H2,1-2H3,(H,24,27)/t22-/m0/s1. The number of halogens is 1. The molecule has 1 N–H and O–H groups in total. The molecule has 4 nitrogen and oxygen atoms in total. The third-order valence-corrected chi connectivity index (χ3v) is 5.41. The first-order chi connectivity index (χ1) is 12.9. The van der Waals surface area contributed by atoms with Gasteiger partial charge in [0.05, 0.1) is 5.41 Å². The maximum absolute atomic E-state index is 12.8. The third-order valence-electron chi connectivity index (χ3n) is 5.18. The number of piperidine rings is 1. The Morgan fingerprint density at radius 1 is 1.19 bits per heavy atom. The van der Waals surface area contributed by atoms with Crippen LogP contribution in [0.4, 0.5) is 0 Å². The number of aryl methyl sites for hydroxylation is 1. The number of amides is 2. The van der Waals surface area contributed by atoms with Crippen LogP contribution >= 0.6 is 11.6 Å². The van der Waals surface area contributed by atoms with E-state index in [-0.39, 0.29) is 11.8 Å². The van der Waals surface area contributed by atoms with Crippen molar-refractivity contribution in [2.45, 2.75) is 33.2 Å². The molecular weight excluding hydrogens is 360 g/mol. The van der Waals surface area contributed by atoms with Crippen LogP contribution in [0, 0.1) is 12.3 Å². The quantitative estimate of drug-likeness (QED) is 0.858. The Hall–Kier alpha value is -2.33. The zero-order chi connectivity index (χ0) is 19.4. The molecule has 0 spiro atoms. The molecule has 0 radical (unpaired) electrons. The van der Waals surface area contributed by atoms with Crippen molar-refractivity contribution in [2.75, 3.05) is 13.1 Å². The molecule has 1 heterocycles. The van der Waals surface area contributed by atoms with Crippen LogP contribution in [-0.2, 0) is 11.3 Å². The summed E-state index contributed by atoms with van der Waals surface area (Å²) in [4.78, 5) is 27.4. The summed E-state index contributed by atoms with van der Waals surface area (Å²) in [5.41, 5.74) is 2.24. The van der Waals surface area contributed by atoms with Crippen molar-refractivity contribution in [1.82, 2.24) is 10.2 Å². The molecule has 2 amide bonds. The maximum Gasteiger partial charge on any atom is 0.253 e. The molecule has 2 aromatic rings. The van der Waals surface area contributed by atoms with Crippen LogP contribution in [0.1, 0.15) is 41.3 Å². The van der Waals surface area contributed by atoms with Gasteiger partial charge in [0, 0.05) is 30.2 Å². The minimum Gasteiger partial charge on any atom is -0.351 e. The second-order valence-electron chi connectivity index (χ2n) is 7.57. The summed E-state index contributed by atoms with van der Waals surface area (Å²) in [6.07, 6.45) is 1.58. The average molecular weight is 385 g/mol. The summed E-state index contributed by atoms with van der Waals surface area (Å²) in [7, 11) is 0. The number of hydrogen-bond donors (Lipinski definition) is 1. The Labute approximate surface area is 165 Å². The Morgan fingerprint density at radius 3 is 2.63 bits per heavy atom. The smallest absolute Gasteiger partial charge is 0.253 e. The average Bonchev–Trinajstić information content (AvgIpc) is 2.66. The molecule has 0 bridgehead atoms. The topological polar surface area (TPSA) is 49.4 Å². The van der Waals surface area contributed by atoms with Gasteiger partial charge in [-0.15, -0.1) is 0 Å². The second-order valence-corrected chi connectivity index (χ2v) is 8.01. The van der Waals surface area contributed by atoms with Gasteiger partial charge in [0.15, 0.2) is 0 Å². The van der Waals surface area contributed by atoms with Crippen LogP contribution in [0.25, 0.3) is 0 Å². The lowest BCUT2D eigenvalue weighted by molar-refractivity contribution is -0.132. The number of likely N-dealkylation sites (tertiary alicyclic amines) is 1. The molecule has 142 valence electrons. The van der Waals surface area contributed by atoms with Crippen LogP contribution in [0.15, 0.2) is 48.5 Å². The molecule has 0 saturated carbocycles. The monoisotopic (exact) mass is 384 g/mol. The van der Waals surface area contributed by atoms with Crippen molar-refractivity contribution in [1.29, 1.82) is 0 Å². The number of benzene rings is 2. The second kappa shape index (κ2) is 8.13. The number of nitrogens with one attached hydrogen (secondary N) is 1. The molecule has 1 saturated heterocycles. The number of nitrogens with zero attached hydrogens (tertiary/aromatic N) is 1. The van der Waals surface area contributed by atoms with Crippen molar-refractivity contribution in [3.05, 3.63) is 70.2 Å². The van der Waals surface area contributed by atoms with Crippen LogP contribution in [0.2, 0.25) is 5.02 Å². The Balaban J connectivity index is 1.65. The number of carbonyl (C=O) groups is 2. The molecule has 5 heteroatoms. The van der Waals surface area contributed by atoms with E-state index in [1.165, 1.54) is 5.56 Å². The highest BCUT2D eigenvalue weighted by molar-refractivity contribution is 6.30. The van der Waals surface area contributed by atoms with E-state index in [9.17, 15) is 9.59 Å². The van der Waals surface area contributed by atoms with Gasteiger partial charge < -0.3 is 10.2 Å². The predicted molar refractivity (Wildman–Crippen MR) is 108 cm³/mol. The van der Waals surface area contributed by atoms with E-state index in [0.29, 0.717) is 30.2 Å². The highest BCUT2D eigenvalue weighted by Crippen LogP contribution is 2.31. The first-order valence-corrected chi connectivity index (χ1v) is 9.64. The zero-order valence-electron chi connectivity index (χ0n) is 15.8. The summed E-state index contributed by atoms with van der Waals surface area (Å²) < 4.78 is 0. The van der Waals surface area contributed by atoms with E-state index in [1.54, 1.807) is 29.2 Å². The fraction of sp³-hybridized carbons (Fsp3) is 0.364. The maximum atomic E-state index is 12.8. The van der Waals surface area contributed by atoms with Crippen molar-refractivity contribution >= 4 is 23.4 Å². The Morgan fingerprint density at radius 2 is 1.93 bits per heavy atom. The number of rotatable bonds is 4. The van der Waals surface area contributed by atoms with Crippen molar-refractivity contribution < 1.29 is 9.59 Å². The summed E-state index contributed by atoms with van der Waals surface area (Å²) >= 11 is 6.01. The largest absolute Gasteiger partial charge is 0.351 e. The highest BCUT2D eigenvalue weighted by Gasteiger charge is 2.39. The molecule has 1 atom stereocenters. The van der Waals surface area contributed by atoms with E-state index in [2.05, 4.69) is 5.32 Å². The normalized spacial score (nSPS) is 19.6. The van der Waals surface area contributed by atoms with Gasteiger partial charge in [-0.2, -0.15) is 0 Å². The van der Waals surface area contributed by atoms with Crippen LogP contribution in [-0.4, -0.2) is 29.8 Å². The van der Waals surface area contributed by atoms with Gasteiger partial charge >= 0.3 is 0 Å². The molecule has 0 aliphatic carbocycles. The lowest BCUT2D eigenvalue weighted by Crippen LogP contribution is -2.51. The first kappa shape index (κ1) is 19.4. The SMILES string of the molecule is Cc1ccc(CNC(=O)[C@@]2(C)CCCN(C(=O)c3cccc(Cl)c3)C2)cc1. The lowest BCUT2D eigenvalue weighted by atomic mass is 9.80. The minimum absolute atomic E-state index is 0.00771. The van der Waals surface area contributed by atoms with Gasteiger partial charge in [-0.05, 0) is 50.5 Å². The van der Waals surface area contributed by atoms with E-state index < -0.39 is 5.41 Å². The molecule has 1 fully saturated rings. The van der Waals surface area contributed by atoms with Gasteiger partial charge in [0.25, 0.3) is 5.91 Å². The molecule has 27 heavy (non-hydrogen) atoms. The van der Waals surface area contributed by atoms with Gasteiger partial charge in [-0.1, -0.05) is 47.5 Å².